The Morgan fingerprint density at radius 2 is 2.08 bits per heavy atom. The average Bonchev–Trinajstić information content (AvgIpc) is 2.59. The fourth-order valence-corrected chi connectivity index (χ4v) is 2.60. The molecule has 24 heavy (non-hydrogen) atoms. The molecule has 1 amide bonds. The monoisotopic (exact) mass is 354 g/mol. The van der Waals surface area contributed by atoms with Crippen LogP contribution in [0.5, 0.6) is 5.75 Å². The second-order valence-corrected chi connectivity index (χ2v) is 5.71. The van der Waals surface area contributed by atoms with Crippen molar-refractivity contribution in [3.8, 4) is 5.75 Å². The molecular formula is C16H22N2O5S. The number of carbonyl (C=O) groups is 2. The maximum atomic E-state index is 11.4. The van der Waals surface area contributed by atoms with Crippen LogP contribution in [0.3, 0.4) is 0 Å². The quantitative estimate of drug-likeness (QED) is 0.334. The SMILES string of the molecule is CCOC(=O)CCS/C(Cc1cccc(OC)c1)=N\NC(=O)OC. The summed E-state index contributed by atoms with van der Waals surface area (Å²) in [6.45, 7) is 2.12. The molecule has 1 aromatic carbocycles. The minimum atomic E-state index is -0.649. The largest absolute Gasteiger partial charge is 0.497 e. The first kappa shape index (κ1) is 19.8. The van der Waals surface area contributed by atoms with Crippen LogP contribution >= 0.6 is 11.8 Å². The molecule has 0 heterocycles. The Bertz CT molecular complexity index is 577. The van der Waals surface area contributed by atoms with E-state index in [9.17, 15) is 9.59 Å². The molecule has 1 N–H and O–H groups in total. The lowest BCUT2D eigenvalue weighted by atomic mass is 10.1. The summed E-state index contributed by atoms with van der Waals surface area (Å²) in [7, 11) is 2.86. The average molecular weight is 354 g/mol. The molecule has 132 valence electrons. The number of thioether (sulfide) groups is 1. The Morgan fingerprint density at radius 1 is 1.29 bits per heavy atom. The molecule has 0 saturated carbocycles. The minimum Gasteiger partial charge on any atom is -0.497 e. The smallest absolute Gasteiger partial charge is 0.427 e. The summed E-state index contributed by atoms with van der Waals surface area (Å²) in [5.74, 6) is 0.987. The van der Waals surface area contributed by atoms with Crippen molar-refractivity contribution >= 4 is 28.9 Å². The van der Waals surface area contributed by atoms with Crippen LogP contribution in [0.4, 0.5) is 4.79 Å². The number of hydrogen-bond acceptors (Lipinski definition) is 7. The number of hydrogen-bond donors (Lipinski definition) is 1. The fourth-order valence-electron chi connectivity index (χ4n) is 1.72. The van der Waals surface area contributed by atoms with E-state index in [-0.39, 0.29) is 12.4 Å². The van der Waals surface area contributed by atoms with Crippen molar-refractivity contribution in [3.63, 3.8) is 0 Å². The van der Waals surface area contributed by atoms with Gasteiger partial charge in [-0.1, -0.05) is 12.1 Å². The number of carbonyl (C=O) groups excluding carboxylic acids is 2. The number of hydrazone groups is 1. The van der Waals surface area contributed by atoms with E-state index in [0.717, 1.165) is 11.3 Å². The van der Waals surface area contributed by atoms with E-state index in [1.165, 1.54) is 18.9 Å². The Labute approximate surface area is 145 Å². The molecular weight excluding hydrogens is 332 g/mol. The van der Waals surface area contributed by atoms with Crippen LogP contribution in [-0.4, -0.2) is 43.7 Å². The lowest BCUT2D eigenvalue weighted by molar-refractivity contribution is -0.142. The van der Waals surface area contributed by atoms with Crippen molar-refractivity contribution in [1.29, 1.82) is 0 Å². The number of methoxy groups -OCH3 is 2. The van der Waals surface area contributed by atoms with Gasteiger partial charge in [0.05, 0.1) is 32.3 Å². The summed E-state index contributed by atoms with van der Waals surface area (Å²) < 4.78 is 14.6. The van der Waals surface area contributed by atoms with Gasteiger partial charge in [0.15, 0.2) is 0 Å². The summed E-state index contributed by atoms with van der Waals surface area (Å²) in [6.07, 6.45) is 0.117. The standard InChI is InChI=1S/C16H22N2O5S/c1-4-23-15(19)8-9-24-14(17-18-16(20)22-3)11-12-6-5-7-13(10-12)21-2/h5-7,10H,4,8-9,11H2,1-3H3,(H,18,20)/b17-14-. The molecule has 0 aliphatic carbocycles. The number of ether oxygens (including phenoxy) is 3. The van der Waals surface area contributed by atoms with Gasteiger partial charge in [0.1, 0.15) is 5.75 Å². The lowest BCUT2D eigenvalue weighted by Crippen LogP contribution is -2.19. The molecule has 8 heteroatoms. The summed E-state index contributed by atoms with van der Waals surface area (Å²) in [5, 5.41) is 4.70. The van der Waals surface area contributed by atoms with Crippen molar-refractivity contribution in [3.05, 3.63) is 29.8 Å². The molecule has 0 bridgehead atoms. The molecule has 0 spiro atoms. The van der Waals surface area contributed by atoms with Gasteiger partial charge in [-0.25, -0.2) is 10.2 Å². The summed E-state index contributed by atoms with van der Waals surface area (Å²) in [5.41, 5.74) is 3.28. The number of rotatable bonds is 8. The van der Waals surface area contributed by atoms with E-state index in [1.54, 1.807) is 14.0 Å². The first-order valence-electron chi connectivity index (χ1n) is 7.40. The normalized spacial score (nSPS) is 10.9. The zero-order valence-corrected chi connectivity index (χ0v) is 14.9. The summed E-state index contributed by atoms with van der Waals surface area (Å²) >= 11 is 1.37. The van der Waals surface area contributed by atoms with Crippen LogP contribution in [0.1, 0.15) is 18.9 Å². The van der Waals surface area contributed by atoms with Crippen LogP contribution in [0.15, 0.2) is 29.4 Å². The Morgan fingerprint density at radius 3 is 2.75 bits per heavy atom. The Kier molecular flexibility index (Phi) is 9.36. The fraction of sp³-hybridized carbons (Fsp3) is 0.438. The van der Waals surface area contributed by atoms with Gasteiger partial charge in [-0.05, 0) is 24.6 Å². The first-order chi connectivity index (χ1) is 11.6. The lowest BCUT2D eigenvalue weighted by Gasteiger charge is -2.08. The highest BCUT2D eigenvalue weighted by Crippen LogP contribution is 2.17. The Hall–Kier alpha value is -2.22. The third-order valence-electron chi connectivity index (χ3n) is 2.83. The first-order valence-corrected chi connectivity index (χ1v) is 8.39. The maximum Gasteiger partial charge on any atom is 0.427 e. The van der Waals surface area contributed by atoms with Gasteiger partial charge in [0, 0.05) is 12.2 Å². The van der Waals surface area contributed by atoms with Gasteiger partial charge >= 0.3 is 12.1 Å². The van der Waals surface area contributed by atoms with Crippen molar-refractivity contribution in [2.45, 2.75) is 19.8 Å². The Balaban J connectivity index is 2.69. The number of nitrogens with zero attached hydrogens (tertiary/aromatic N) is 1. The van der Waals surface area contributed by atoms with Crippen molar-refractivity contribution in [2.24, 2.45) is 5.10 Å². The van der Waals surface area contributed by atoms with Crippen LogP contribution in [0.2, 0.25) is 0 Å². The topological polar surface area (TPSA) is 86.2 Å². The predicted molar refractivity (Wildman–Crippen MR) is 93.4 cm³/mol. The minimum absolute atomic E-state index is 0.258. The summed E-state index contributed by atoms with van der Waals surface area (Å²) in [6, 6.07) is 7.55. The molecule has 0 aliphatic heterocycles. The number of amides is 1. The number of esters is 1. The number of nitrogens with one attached hydrogen (secondary N) is 1. The van der Waals surface area contributed by atoms with E-state index < -0.39 is 6.09 Å². The molecule has 0 unspecified atom stereocenters. The van der Waals surface area contributed by atoms with E-state index in [2.05, 4.69) is 15.3 Å². The van der Waals surface area contributed by atoms with Gasteiger partial charge in [0.2, 0.25) is 0 Å². The van der Waals surface area contributed by atoms with Gasteiger partial charge in [-0.2, -0.15) is 5.10 Å². The third-order valence-corrected chi connectivity index (χ3v) is 3.80. The van der Waals surface area contributed by atoms with E-state index in [0.29, 0.717) is 23.8 Å². The molecule has 0 aliphatic rings. The molecule has 0 atom stereocenters. The molecule has 7 nitrogen and oxygen atoms in total. The molecule has 0 aromatic heterocycles. The molecule has 0 fully saturated rings. The number of benzene rings is 1. The molecule has 1 rings (SSSR count). The van der Waals surface area contributed by atoms with E-state index in [4.69, 9.17) is 9.47 Å². The molecule has 0 radical (unpaired) electrons. The zero-order valence-electron chi connectivity index (χ0n) is 14.0. The predicted octanol–water partition coefficient (Wildman–Crippen LogP) is 2.59. The highest BCUT2D eigenvalue weighted by molar-refractivity contribution is 8.13. The van der Waals surface area contributed by atoms with Gasteiger partial charge < -0.3 is 14.2 Å². The second-order valence-electron chi connectivity index (χ2n) is 4.54. The maximum absolute atomic E-state index is 11.4. The van der Waals surface area contributed by atoms with Crippen LogP contribution < -0.4 is 10.2 Å². The van der Waals surface area contributed by atoms with Crippen molar-refractivity contribution in [2.75, 3.05) is 26.6 Å². The molecule has 0 saturated heterocycles. The van der Waals surface area contributed by atoms with Crippen LogP contribution in [0, 0.1) is 0 Å². The highest BCUT2D eigenvalue weighted by Gasteiger charge is 2.08. The zero-order chi connectivity index (χ0) is 17.8. The van der Waals surface area contributed by atoms with Gasteiger partial charge in [0.25, 0.3) is 0 Å². The van der Waals surface area contributed by atoms with Crippen molar-refractivity contribution < 1.29 is 23.8 Å². The van der Waals surface area contributed by atoms with Gasteiger partial charge in [-0.3, -0.25) is 4.79 Å². The highest BCUT2D eigenvalue weighted by atomic mass is 32.2. The van der Waals surface area contributed by atoms with Crippen LogP contribution in [-0.2, 0) is 20.7 Å². The summed E-state index contributed by atoms with van der Waals surface area (Å²) in [4.78, 5) is 22.6. The van der Waals surface area contributed by atoms with E-state index in [1.807, 2.05) is 24.3 Å². The van der Waals surface area contributed by atoms with Crippen molar-refractivity contribution in [1.82, 2.24) is 5.43 Å². The third kappa shape index (κ3) is 7.87. The second kappa shape index (κ2) is 11.3. The van der Waals surface area contributed by atoms with E-state index >= 15 is 0 Å². The van der Waals surface area contributed by atoms with Gasteiger partial charge in [-0.15, -0.1) is 11.8 Å². The van der Waals surface area contributed by atoms with Crippen LogP contribution in [0.25, 0.3) is 0 Å². The molecule has 1 aromatic rings.